The molecule has 1 saturated heterocycles. The molecule has 5 heteroatoms. The van der Waals surface area contributed by atoms with Crippen LogP contribution in [0.2, 0.25) is 0 Å². The van der Waals surface area contributed by atoms with Gasteiger partial charge in [0, 0.05) is 18.4 Å². The van der Waals surface area contributed by atoms with Crippen molar-refractivity contribution in [3.8, 4) is 17.2 Å². The Morgan fingerprint density at radius 1 is 1.06 bits per heavy atom. The molecule has 4 rings (SSSR count). The fourth-order valence-electron chi connectivity index (χ4n) is 4.82. The highest BCUT2D eigenvalue weighted by atomic mass is 16.5. The van der Waals surface area contributed by atoms with Crippen molar-refractivity contribution in [3.63, 3.8) is 0 Å². The fourth-order valence-corrected chi connectivity index (χ4v) is 4.82. The zero-order valence-corrected chi connectivity index (χ0v) is 19.3. The van der Waals surface area contributed by atoms with Gasteiger partial charge in [-0.2, -0.15) is 0 Å². The summed E-state index contributed by atoms with van der Waals surface area (Å²) in [6, 6.07) is 14.4. The Bertz CT molecular complexity index is 906. The van der Waals surface area contributed by atoms with Crippen LogP contribution in [-0.4, -0.2) is 32.3 Å². The average molecular weight is 438 g/mol. The third-order valence-electron chi connectivity index (χ3n) is 6.57. The standard InChI is InChI=1S/C27H35NO4/c1-3-13-31-24-10-6-7-19(15-24)14-21-16-22(18-28-27(21)29)20-11-12-25(30-2)26(17-20)32-23-8-4-5-9-23/h6-7,10-12,15,17,21-23H,3-5,8-9,13-14,16,18H2,1-2H3,(H,28,29)/t21-,22-/m1/s1. The summed E-state index contributed by atoms with van der Waals surface area (Å²) in [5.41, 5.74) is 2.34. The minimum Gasteiger partial charge on any atom is -0.494 e. The van der Waals surface area contributed by atoms with Gasteiger partial charge in [-0.15, -0.1) is 0 Å². The minimum absolute atomic E-state index is 0.0588. The van der Waals surface area contributed by atoms with E-state index >= 15 is 0 Å². The van der Waals surface area contributed by atoms with Crippen molar-refractivity contribution in [2.45, 2.75) is 63.9 Å². The number of carbonyl (C=O) groups excluding carboxylic acids is 1. The van der Waals surface area contributed by atoms with Crippen LogP contribution < -0.4 is 19.5 Å². The van der Waals surface area contributed by atoms with Crippen LogP contribution in [0.1, 0.15) is 62.5 Å². The Kier molecular flexibility index (Phi) is 7.56. The van der Waals surface area contributed by atoms with Gasteiger partial charge in [0.1, 0.15) is 5.75 Å². The molecule has 1 heterocycles. The molecule has 0 bridgehead atoms. The first kappa shape index (κ1) is 22.5. The van der Waals surface area contributed by atoms with Gasteiger partial charge in [0.05, 0.1) is 19.8 Å². The number of methoxy groups -OCH3 is 1. The van der Waals surface area contributed by atoms with Gasteiger partial charge >= 0.3 is 0 Å². The van der Waals surface area contributed by atoms with Gasteiger partial charge in [-0.1, -0.05) is 25.1 Å². The van der Waals surface area contributed by atoms with E-state index in [2.05, 4.69) is 36.5 Å². The van der Waals surface area contributed by atoms with Gasteiger partial charge < -0.3 is 19.5 Å². The minimum atomic E-state index is -0.0588. The van der Waals surface area contributed by atoms with Crippen molar-refractivity contribution in [3.05, 3.63) is 53.6 Å². The molecule has 1 aliphatic carbocycles. The molecule has 2 atom stereocenters. The zero-order chi connectivity index (χ0) is 22.3. The maximum absolute atomic E-state index is 12.6. The van der Waals surface area contributed by atoms with Crippen LogP contribution in [0.4, 0.5) is 0 Å². The number of rotatable bonds is 9. The number of benzene rings is 2. The van der Waals surface area contributed by atoms with Crippen molar-refractivity contribution in [1.29, 1.82) is 0 Å². The molecule has 1 aliphatic heterocycles. The second-order valence-electron chi connectivity index (χ2n) is 9.01. The molecule has 2 aromatic carbocycles. The number of nitrogens with one attached hydrogen (secondary N) is 1. The highest BCUT2D eigenvalue weighted by Crippen LogP contribution is 2.37. The topological polar surface area (TPSA) is 56.8 Å². The first-order valence-corrected chi connectivity index (χ1v) is 12.0. The lowest BCUT2D eigenvalue weighted by atomic mass is 9.82. The third kappa shape index (κ3) is 5.56. The quantitative estimate of drug-likeness (QED) is 0.581. The van der Waals surface area contributed by atoms with E-state index in [1.54, 1.807) is 7.11 Å². The van der Waals surface area contributed by atoms with Crippen molar-refractivity contribution in [2.24, 2.45) is 5.92 Å². The third-order valence-corrected chi connectivity index (χ3v) is 6.57. The molecule has 2 fully saturated rings. The first-order valence-electron chi connectivity index (χ1n) is 12.0. The molecule has 0 aromatic heterocycles. The largest absolute Gasteiger partial charge is 0.494 e. The van der Waals surface area contributed by atoms with Gasteiger partial charge in [0.25, 0.3) is 0 Å². The molecule has 1 amide bonds. The Hall–Kier alpha value is -2.69. The molecule has 172 valence electrons. The monoisotopic (exact) mass is 437 g/mol. The molecule has 5 nitrogen and oxygen atoms in total. The number of piperidine rings is 1. The van der Waals surface area contributed by atoms with Crippen LogP contribution in [0.3, 0.4) is 0 Å². The summed E-state index contributed by atoms with van der Waals surface area (Å²) >= 11 is 0. The lowest BCUT2D eigenvalue weighted by Crippen LogP contribution is -2.41. The predicted molar refractivity (Wildman–Crippen MR) is 126 cm³/mol. The summed E-state index contributed by atoms with van der Waals surface area (Å²) < 4.78 is 17.6. The van der Waals surface area contributed by atoms with Gasteiger partial charge in [-0.25, -0.2) is 0 Å². The number of ether oxygens (including phenoxy) is 3. The van der Waals surface area contributed by atoms with Crippen LogP contribution in [0.25, 0.3) is 0 Å². The summed E-state index contributed by atoms with van der Waals surface area (Å²) in [7, 11) is 1.69. The van der Waals surface area contributed by atoms with Crippen LogP contribution in [0.15, 0.2) is 42.5 Å². The van der Waals surface area contributed by atoms with E-state index in [0.29, 0.717) is 19.6 Å². The Labute approximate surface area is 191 Å². The van der Waals surface area contributed by atoms with E-state index in [1.807, 2.05) is 18.2 Å². The highest BCUT2D eigenvalue weighted by Gasteiger charge is 2.30. The molecule has 0 unspecified atom stereocenters. The van der Waals surface area contributed by atoms with Gasteiger partial charge in [-0.05, 0) is 80.3 Å². The summed E-state index contributed by atoms with van der Waals surface area (Å²) in [5.74, 6) is 2.82. The average Bonchev–Trinajstić information content (AvgIpc) is 3.32. The molecule has 1 saturated carbocycles. The van der Waals surface area contributed by atoms with Crippen molar-refractivity contribution in [1.82, 2.24) is 5.32 Å². The molecule has 2 aromatic rings. The van der Waals surface area contributed by atoms with E-state index in [0.717, 1.165) is 48.5 Å². The Balaban J connectivity index is 1.46. The van der Waals surface area contributed by atoms with Crippen LogP contribution in [0, 0.1) is 5.92 Å². The van der Waals surface area contributed by atoms with Gasteiger partial charge in [-0.3, -0.25) is 4.79 Å². The summed E-state index contributed by atoms with van der Waals surface area (Å²) in [6.07, 6.45) is 7.47. The van der Waals surface area contributed by atoms with Crippen molar-refractivity contribution >= 4 is 5.91 Å². The van der Waals surface area contributed by atoms with E-state index in [-0.39, 0.29) is 23.8 Å². The summed E-state index contributed by atoms with van der Waals surface area (Å²) in [6.45, 7) is 3.46. The SMILES string of the molecule is CCCOc1cccc(C[C@@H]2C[C@@H](c3ccc(OC)c(OC4CCCC4)c3)CNC2=O)c1. The predicted octanol–water partition coefficient (Wildman–Crippen LogP) is 5.27. The van der Waals surface area contributed by atoms with Crippen molar-refractivity contribution < 1.29 is 19.0 Å². The van der Waals surface area contributed by atoms with Crippen LogP contribution in [0.5, 0.6) is 17.2 Å². The second-order valence-corrected chi connectivity index (χ2v) is 9.01. The molecule has 0 spiro atoms. The summed E-state index contributed by atoms with van der Waals surface area (Å²) in [4.78, 5) is 12.6. The Morgan fingerprint density at radius 3 is 2.69 bits per heavy atom. The van der Waals surface area contributed by atoms with E-state index in [1.165, 1.54) is 18.4 Å². The van der Waals surface area contributed by atoms with Crippen molar-refractivity contribution in [2.75, 3.05) is 20.3 Å². The lowest BCUT2D eigenvalue weighted by molar-refractivity contribution is -0.126. The highest BCUT2D eigenvalue weighted by molar-refractivity contribution is 5.80. The molecule has 2 aliphatic rings. The molecule has 0 radical (unpaired) electrons. The van der Waals surface area contributed by atoms with Crippen LogP contribution >= 0.6 is 0 Å². The maximum atomic E-state index is 12.6. The molecule has 1 N–H and O–H groups in total. The van der Waals surface area contributed by atoms with Crippen LogP contribution in [-0.2, 0) is 11.2 Å². The number of hydrogen-bond donors (Lipinski definition) is 1. The number of amides is 1. The second kappa shape index (κ2) is 10.8. The first-order chi connectivity index (χ1) is 15.7. The van der Waals surface area contributed by atoms with Gasteiger partial charge in [0.2, 0.25) is 5.91 Å². The Morgan fingerprint density at radius 2 is 1.91 bits per heavy atom. The molecular formula is C27H35NO4. The van der Waals surface area contributed by atoms with E-state index < -0.39 is 0 Å². The number of carbonyl (C=O) groups is 1. The zero-order valence-electron chi connectivity index (χ0n) is 19.3. The maximum Gasteiger partial charge on any atom is 0.223 e. The van der Waals surface area contributed by atoms with Gasteiger partial charge in [0.15, 0.2) is 11.5 Å². The molecular weight excluding hydrogens is 402 g/mol. The lowest BCUT2D eigenvalue weighted by Gasteiger charge is -2.30. The fraction of sp³-hybridized carbons (Fsp3) is 0.519. The molecule has 32 heavy (non-hydrogen) atoms. The van der Waals surface area contributed by atoms with E-state index in [4.69, 9.17) is 14.2 Å². The normalized spacial score (nSPS) is 21.2. The summed E-state index contributed by atoms with van der Waals surface area (Å²) in [5, 5.41) is 3.13. The number of hydrogen-bond acceptors (Lipinski definition) is 4. The van der Waals surface area contributed by atoms with E-state index in [9.17, 15) is 4.79 Å². The smallest absolute Gasteiger partial charge is 0.223 e.